The molecule has 110 valence electrons. The molecule has 22 heavy (non-hydrogen) atoms. The van der Waals surface area contributed by atoms with E-state index in [2.05, 4.69) is 121 Å². The molecule has 0 heterocycles. The fraction of sp³-hybridized carbons (Fsp3) is 0.143. The Labute approximate surface area is 146 Å². The van der Waals surface area contributed by atoms with Gasteiger partial charge in [-0.05, 0) is 16.7 Å². The van der Waals surface area contributed by atoms with Gasteiger partial charge in [-0.2, -0.15) is 0 Å². The molecule has 1 atom stereocenters. The minimum atomic E-state index is -0.135. The van der Waals surface area contributed by atoms with Crippen LogP contribution in [0.2, 0.25) is 0 Å². The molecule has 0 saturated carbocycles. The molecule has 1 unspecified atom stereocenters. The molecule has 0 radical (unpaired) electrons. The van der Waals surface area contributed by atoms with E-state index in [9.17, 15) is 0 Å². The molecular weight excluding hydrogens is 379 g/mol. The minimum Gasteiger partial charge on any atom is -0.0812 e. The summed E-state index contributed by atoms with van der Waals surface area (Å²) in [5.41, 5.74) is 3.89. The second-order valence-corrected chi connectivity index (χ2v) is 7.39. The highest BCUT2D eigenvalue weighted by Gasteiger charge is 2.40. The summed E-state index contributed by atoms with van der Waals surface area (Å²) in [4.78, 5) is 0. The highest BCUT2D eigenvalue weighted by Crippen LogP contribution is 2.44. The van der Waals surface area contributed by atoms with Gasteiger partial charge in [0.15, 0.2) is 0 Å². The van der Waals surface area contributed by atoms with Crippen LogP contribution in [-0.4, -0.2) is 3.92 Å². The zero-order valence-electron chi connectivity index (χ0n) is 12.6. The quantitative estimate of drug-likeness (QED) is 0.294. The Morgan fingerprint density at radius 3 is 1.09 bits per heavy atom. The lowest BCUT2D eigenvalue weighted by molar-refractivity contribution is 0.626. The van der Waals surface area contributed by atoms with E-state index in [0.717, 1.165) is 0 Å². The van der Waals surface area contributed by atoms with Crippen molar-refractivity contribution in [3.05, 3.63) is 108 Å². The minimum absolute atomic E-state index is 0.135. The van der Waals surface area contributed by atoms with E-state index >= 15 is 0 Å². The van der Waals surface area contributed by atoms with Crippen LogP contribution >= 0.6 is 22.6 Å². The SMILES string of the molecule is CC(I)C(c1ccccc1)(c1ccccc1)c1ccccc1. The number of hydrogen-bond donors (Lipinski definition) is 0. The normalized spacial score (nSPS) is 12.8. The summed E-state index contributed by atoms with van der Waals surface area (Å²) in [5, 5.41) is 0. The van der Waals surface area contributed by atoms with Gasteiger partial charge in [-0.15, -0.1) is 0 Å². The van der Waals surface area contributed by atoms with Gasteiger partial charge in [0, 0.05) is 3.92 Å². The van der Waals surface area contributed by atoms with Crippen molar-refractivity contribution in [3.63, 3.8) is 0 Å². The highest BCUT2D eigenvalue weighted by atomic mass is 127. The summed E-state index contributed by atoms with van der Waals surface area (Å²) in [7, 11) is 0. The van der Waals surface area contributed by atoms with Crippen LogP contribution in [0.15, 0.2) is 91.0 Å². The summed E-state index contributed by atoms with van der Waals surface area (Å²) in [6, 6.07) is 32.5. The van der Waals surface area contributed by atoms with Crippen LogP contribution in [0.4, 0.5) is 0 Å². The maximum absolute atomic E-state index is 2.57. The molecular formula is C21H19I. The maximum atomic E-state index is 2.57. The zero-order chi connectivity index (χ0) is 15.4. The molecule has 0 fully saturated rings. The summed E-state index contributed by atoms with van der Waals surface area (Å²) in [6.07, 6.45) is 0. The molecule has 0 N–H and O–H groups in total. The monoisotopic (exact) mass is 398 g/mol. The molecule has 0 amide bonds. The molecule has 0 spiro atoms. The van der Waals surface area contributed by atoms with Crippen molar-refractivity contribution in [2.24, 2.45) is 0 Å². The molecule has 0 aromatic heterocycles. The van der Waals surface area contributed by atoms with E-state index in [-0.39, 0.29) is 5.41 Å². The molecule has 0 aliphatic heterocycles. The predicted octanol–water partition coefficient (Wildman–Crippen LogP) is 5.84. The van der Waals surface area contributed by atoms with Crippen LogP contribution in [0, 0.1) is 0 Å². The second-order valence-electron chi connectivity index (χ2n) is 5.52. The van der Waals surface area contributed by atoms with E-state index in [1.165, 1.54) is 16.7 Å². The van der Waals surface area contributed by atoms with Crippen molar-refractivity contribution in [2.75, 3.05) is 0 Å². The highest BCUT2D eigenvalue weighted by molar-refractivity contribution is 14.1. The van der Waals surface area contributed by atoms with Gasteiger partial charge in [0.2, 0.25) is 0 Å². The van der Waals surface area contributed by atoms with Gasteiger partial charge in [-0.3, -0.25) is 0 Å². The summed E-state index contributed by atoms with van der Waals surface area (Å²) < 4.78 is 0.414. The molecule has 0 aliphatic rings. The van der Waals surface area contributed by atoms with Crippen LogP contribution < -0.4 is 0 Å². The average Bonchev–Trinajstić information content (AvgIpc) is 2.58. The lowest BCUT2D eigenvalue weighted by atomic mass is 9.68. The summed E-state index contributed by atoms with van der Waals surface area (Å²) in [5.74, 6) is 0. The smallest absolute Gasteiger partial charge is 0.0565 e. The van der Waals surface area contributed by atoms with Gasteiger partial charge in [-0.25, -0.2) is 0 Å². The van der Waals surface area contributed by atoms with Crippen LogP contribution in [0.1, 0.15) is 23.6 Å². The van der Waals surface area contributed by atoms with Gasteiger partial charge in [0.1, 0.15) is 0 Å². The first-order valence-electron chi connectivity index (χ1n) is 7.57. The standard InChI is InChI=1S/C21H19I/c1-17(22)21(18-11-5-2-6-12-18,19-13-7-3-8-14-19)20-15-9-4-10-16-20/h2-17H,1H3. The van der Waals surface area contributed by atoms with Crippen LogP contribution in [-0.2, 0) is 5.41 Å². The number of alkyl halides is 1. The van der Waals surface area contributed by atoms with E-state index in [1.54, 1.807) is 0 Å². The molecule has 0 nitrogen and oxygen atoms in total. The number of hydrogen-bond acceptors (Lipinski definition) is 0. The van der Waals surface area contributed by atoms with Crippen molar-refractivity contribution in [3.8, 4) is 0 Å². The predicted molar refractivity (Wildman–Crippen MR) is 103 cm³/mol. The Morgan fingerprint density at radius 1 is 0.591 bits per heavy atom. The van der Waals surface area contributed by atoms with Gasteiger partial charge in [-0.1, -0.05) is 121 Å². The van der Waals surface area contributed by atoms with Crippen LogP contribution in [0.3, 0.4) is 0 Å². The van der Waals surface area contributed by atoms with E-state index in [0.29, 0.717) is 3.92 Å². The fourth-order valence-corrected chi connectivity index (χ4v) is 4.37. The Morgan fingerprint density at radius 2 is 0.864 bits per heavy atom. The molecule has 0 bridgehead atoms. The third-order valence-electron chi connectivity index (χ3n) is 4.28. The van der Waals surface area contributed by atoms with Crippen molar-refractivity contribution in [1.82, 2.24) is 0 Å². The van der Waals surface area contributed by atoms with Crippen LogP contribution in [0.25, 0.3) is 0 Å². The fourth-order valence-electron chi connectivity index (χ4n) is 3.29. The molecule has 1 heteroatoms. The topological polar surface area (TPSA) is 0 Å². The van der Waals surface area contributed by atoms with Gasteiger partial charge in [0.05, 0.1) is 5.41 Å². The van der Waals surface area contributed by atoms with Gasteiger partial charge >= 0.3 is 0 Å². The first-order valence-corrected chi connectivity index (χ1v) is 8.81. The van der Waals surface area contributed by atoms with Crippen molar-refractivity contribution in [1.29, 1.82) is 0 Å². The third kappa shape index (κ3) is 2.58. The van der Waals surface area contributed by atoms with E-state index in [4.69, 9.17) is 0 Å². The van der Waals surface area contributed by atoms with E-state index in [1.807, 2.05) is 0 Å². The lowest BCUT2D eigenvalue weighted by Gasteiger charge is -2.38. The number of benzene rings is 3. The number of rotatable bonds is 4. The Hall–Kier alpha value is -1.61. The Balaban J connectivity index is 2.34. The summed E-state index contributed by atoms with van der Waals surface area (Å²) >= 11 is 2.57. The Bertz CT molecular complexity index is 606. The average molecular weight is 398 g/mol. The van der Waals surface area contributed by atoms with E-state index < -0.39 is 0 Å². The lowest BCUT2D eigenvalue weighted by Crippen LogP contribution is -2.37. The maximum Gasteiger partial charge on any atom is 0.0565 e. The summed E-state index contributed by atoms with van der Waals surface area (Å²) in [6.45, 7) is 2.30. The first-order chi connectivity index (χ1) is 10.8. The molecule has 3 aromatic carbocycles. The largest absolute Gasteiger partial charge is 0.0812 e. The molecule has 3 rings (SSSR count). The first kappa shape index (κ1) is 15.3. The Kier molecular flexibility index (Phi) is 4.63. The molecule has 0 aliphatic carbocycles. The zero-order valence-corrected chi connectivity index (χ0v) is 14.8. The van der Waals surface area contributed by atoms with Gasteiger partial charge in [0.25, 0.3) is 0 Å². The third-order valence-corrected chi connectivity index (χ3v) is 5.22. The van der Waals surface area contributed by atoms with Crippen molar-refractivity contribution in [2.45, 2.75) is 16.3 Å². The molecule has 3 aromatic rings. The number of halogens is 1. The van der Waals surface area contributed by atoms with Crippen molar-refractivity contribution < 1.29 is 0 Å². The van der Waals surface area contributed by atoms with Gasteiger partial charge < -0.3 is 0 Å². The molecule has 0 saturated heterocycles. The van der Waals surface area contributed by atoms with Crippen LogP contribution in [0.5, 0.6) is 0 Å². The second kappa shape index (κ2) is 6.66. The van der Waals surface area contributed by atoms with Crippen molar-refractivity contribution >= 4 is 22.6 Å².